The van der Waals surface area contributed by atoms with Crippen LogP contribution in [0.1, 0.15) is 19.6 Å². The first-order valence-electron chi connectivity index (χ1n) is 4.68. The lowest BCUT2D eigenvalue weighted by Gasteiger charge is -2.14. The highest BCUT2D eigenvalue weighted by molar-refractivity contribution is 5.81. The number of hydrogen-bond donors (Lipinski definition) is 2. The molecule has 3 N–H and O–H groups in total. The van der Waals surface area contributed by atoms with Gasteiger partial charge in [-0.2, -0.15) is 0 Å². The summed E-state index contributed by atoms with van der Waals surface area (Å²) >= 11 is 0. The summed E-state index contributed by atoms with van der Waals surface area (Å²) in [5, 5.41) is 2.79. The largest absolute Gasteiger partial charge is 0.469 e. The van der Waals surface area contributed by atoms with Crippen LogP contribution in [0.2, 0.25) is 0 Å². The van der Waals surface area contributed by atoms with Gasteiger partial charge in [-0.1, -0.05) is 0 Å². The third kappa shape index (κ3) is 3.22. The van der Waals surface area contributed by atoms with Gasteiger partial charge in [-0.05, 0) is 26.0 Å². The summed E-state index contributed by atoms with van der Waals surface area (Å²) in [6, 6.07) is 3.29. The van der Waals surface area contributed by atoms with Gasteiger partial charge in [0.2, 0.25) is 5.91 Å². The van der Waals surface area contributed by atoms with Crippen LogP contribution in [0.5, 0.6) is 0 Å². The highest BCUT2D eigenvalue weighted by atomic mass is 16.3. The van der Waals surface area contributed by atoms with Crippen LogP contribution in [0.3, 0.4) is 0 Å². The molecule has 1 unspecified atom stereocenters. The molecule has 0 aliphatic carbocycles. The highest BCUT2D eigenvalue weighted by Crippen LogP contribution is 2.03. The molecular formula is C10H16N2O2. The number of carbonyl (C=O) groups is 1. The van der Waals surface area contributed by atoms with Crippen molar-refractivity contribution in [2.45, 2.75) is 32.4 Å². The quantitative estimate of drug-likeness (QED) is 0.743. The maximum absolute atomic E-state index is 11.2. The second kappa shape index (κ2) is 4.81. The number of amides is 1. The molecule has 0 fully saturated rings. The van der Waals surface area contributed by atoms with E-state index in [4.69, 9.17) is 10.2 Å². The molecule has 0 spiro atoms. The molecule has 1 aromatic rings. The van der Waals surface area contributed by atoms with E-state index in [1.165, 1.54) is 0 Å². The normalized spacial score (nSPS) is 14.8. The van der Waals surface area contributed by atoms with Crippen LogP contribution in [-0.2, 0) is 11.2 Å². The summed E-state index contributed by atoms with van der Waals surface area (Å²) in [5.41, 5.74) is 5.42. The Morgan fingerprint density at radius 1 is 1.64 bits per heavy atom. The molecule has 78 valence electrons. The summed E-state index contributed by atoms with van der Waals surface area (Å²) in [5.74, 6) is 0.728. The Bertz CT molecular complexity index is 280. The fraction of sp³-hybridized carbons (Fsp3) is 0.500. The van der Waals surface area contributed by atoms with Crippen LogP contribution >= 0.6 is 0 Å². The maximum atomic E-state index is 11.2. The number of nitrogens with two attached hydrogens (primary N) is 1. The second-order valence-electron chi connectivity index (χ2n) is 3.48. The lowest BCUT2D eigenvalue weighted by molar-refractivity contribution is -0.122. The van der Waals surface area contributed by atoms with Crippen LogP contribution in [0.25, 0.3) is 0 Å². The number of carbonyl (C=O) groups excluding carboxylic acids is 1. The third-order valence-electron chi connectivity index (χ3n) is 1.89. The first-order valence-corrected chi connectivity index (χ1v) is 4.68. The zero-order valence-electron chi connectivity index (χ0n) is 8.49. The van der Waals surface area contributed by atoms with Crippen LogP contribution in [-0.4, -0.2) is 18.0 Å². The molecule has 0 saturated heterocycles. The molecule has 1 aromatic heterocycles. The van der Waals surface area contributed by atoms with Crippen LogP contribution in [0, 0.1) is 0 Å². The number of hydrogen-bond acceptors (Lipinski definition) is 3. The predicted molar refractivity (Wildman–Crippen MR) is 53.7 cm³/mol. The molecule has 0 saturated carbocycles. The Morgan fingerprint density at radius 3 is 2.86 bits per heavy atom. The average molecular weight is 196 g/mol. The van der Waals surface area contributed by atoms with Crippen molar-refractivity contribution in [3.8, 4) is 0 Å². The molecule has 0 aromatic carbocycles. The molecule has 1 heterocycles. The van der Waals surface area contributed by atoms with Crippen molar-refractivity contribution in [1.29, 1.82) is 0 Å². The van der Waals surface area contributed by atoms with E-state index in [0.29, 0.717) is 6.42 Å². The summed E-state index contributed by atoms with van der Waals surface area (Å²) in [4.78, 5) is 11.2. The van der Waals surface area contributed by atoms with Crippen LogP contribution in [0.15, 0.2) is 22.8 Å². The lowest BCUT2D eigenvalue weighted by Crippen LogP contribution is -2.43. The Kier molecular flexibility index (Phi) is 3.71. The molecule has 0 radical (unpaired) electrons. The molecule has 0 aliphatic heterocycles. The molecule has 4 heteroatoms. The Labute approximate surface area is 83.5 Å². The third-order valence-corrected chi connectivity index (χ3v) is 1.89. The van der Waals surface area contributed by atoms with E-state index in [1.807, 2.05) is 19.1 Å². The van der Waals surface area contributed by atoms with Gasteiger partial charge in [0.1, 0.15) is 5.76 Å². The first-order chi connectivity index (χ1) is 6.59. The number of furan rings is 1. The Morgan fingerprint density at radius 2 is 2.36 bits per heavy atom. The monoisotopic (exact) mass is 196 g/mol. The number of nitrogens with one attached hydrogen (secondary N) is 1. The van der Waals surface area contributed by atoms with Gasteiger partial charge in [0.05, 0.1) is 12.3 Å². The zero-order chi connectivity index (χ0) is 10.6. The fourth-order valence-corrected chi connectivity index (χ4v) is 1.16. The van der Waals surface area contributed by atoms with Crippen LogP contribution < -0.4 is 11.1 Å². The maximum Gasteiger partial charge on any atom is 0.236 e. The van der Waals surface area contributed by atoms with Gasteiger partial charge in [0, 0.05) is 12.5 Å². The average Bonchev–Trinajstić information content (AvgIpc) is 2.56. The van der Waals surface area contributed by atoms with E-state index in [1.54, 1.807) is 13.2 Å². The van der Waals surface area contributed by atoms with Crippen molar-refractivity contribution < 1.29 is 9.21 Å². The highest BCUT2D eigenvalue weighted by Gasteiger charge is 2.12. The summed E-state index contributed by atoms with van der Waals surface area (Å²) in [6.07, 6.45) is 2.31. The number of rotatable bonds is 4. The lowest BCUT2D eigenvalue weighted by atomic mass is 10.2. The predicted octanol–water partition coefficient (Wildman–Crippen LogP) is 0.674. The van der Waals surface area contributed by atoms with Crippen LogP contribution in [0.4, 0.5) is 0 Å². The smallest absolute Gasteiger partial charge is 0.236 e. The molecule has 0 aliphatic rings. The van der Waals surface area contributed by atoms with E-state index in [0.717, 1.165) is 5.76 Å². The molecular weight excluding hydrogens is 180 g/mol. The topological polar surface area (TPSA) is 68.3 Å². The van der Waals surface area contributed by atoms with Crippen molar-refractivity contribution in [3.05, 3.63) is 24.2 Å². The van der Waals surface area contributed by atoms with E-state index in [9.17, 15) is 4.79 Å². The minimum Gasteiger partial charge on any atom is -0.469 e. The SMILES string of the molecule is CC(Cc1ccco1)NC(=O)[C@H](C)N. The second-order valence-corrected chi connectivity index (χ2v) is 3.48. The fourth-order valence-electron chi connectivity index (χ4n) is 1.16. The van der Waals surface area contributed by atoms with Crippen molar-refractivity contribution >= 4 is 5.91 Å². The molecule has 0 bridgehead atoms. The van der Waals surface area contributed by atoms with Gasteiger partial charge in [-0.15, -0.1) is 0 Å². The summed E-state index contributed by atoms with van der Waals surface area (Å²) in [6.45, 7) is 3.58. The van der Waals surface area contributed by atoms with Gasteiger partial charge in [-0.25, -0.2) is 0 Å². The van der Waals surface area contributed by atoms with Gasteiger partial charge in [0.25, 0.3) is 0 Å². The van der Waals surface area contributed by atoms with E-state index >= 15 is 0 Å². The minimum atomic E-state index is -0.464. The van der Waals surface area contributed by atoms with Crippen molar-refractivity contribution in [3.63, 3.8) is 0 Å². The van der Waals surface area contributed by atoms with E-state index in [2.05, 4.69) is 5.32 Å². The van der Waals surface area contributed by atoms with Crippen molar-refractivity contribution in [1.82, 2.24) is 5.32 Å². The molecule has 4 nitrogen and oxygen atoms in total. The summed E-state index contributed by atoms with van der Waals surface area (Å²) in [7, 11) is 0. The van der Waals surface area contributed by atoms with Crippen molar-refractivity contribution in [2.24, 2.45) is 5.73 Å². The first kappa shape index (κ1) is 10.8. The van der Waals surface area contributed by atoms with Gasteiger partial charge in [-0.3, -0.25) is 4.79 Å². The van der Waals surface area contributed by atoms with Crippen molar-refractivity contribution in [2.75, 3.05) is 0 Å². The minimum absolute atomic E-state index is 0.0413. The standard InChI is InChI=1S/C10H16N2O2/c1-7(12-10(13)8(2)11)6-9-4-3-5-14-9/h3-5,7-8H,6,11H2,1-2H3,(H,12,13)/t7?,8-/m0/s1. The molecule has 1 amide bonds. The molecule has 14 heavy (non-hydrogen) atoms. The van der Waals surface area contributed by atoms with Gasteiger partial charge >= 0.3 is 0 Å². The Hall–Kier alpha value is -1.29. The van der Waals surface area contributed by atoms with E-state index in [-0.39, 0.29) is 11.9 Å². The van der Waals surface area contributed by atoms with Gasteiger partial charge < -0.3 is 15.5 Å². The van der Waals surface area contributed by atoms with Gasteiger partial charge in [0.15, 0.2) is 0 Å². The zero-order valence-corrected chi connectivity index (χ0v) is 8.49. The van der Waals surface area contributed by atoms with E-state index < -0.39 is 6.04 Å². The Balaban J connectivity index is 2.36. The molecule has 1 rings (SSSR count). The summed E-state index contributed by atoms with van der Waals surface area (Å²) < 4.78 is 5.16. The molecule has 2 atom stereocenters.